The van der Waals surface area contributed by atoms with Crippen LogP contribution in [0.25, 0.3) is 22.3 Å². The first kappa shape index (κ1) is 21.8. The molecule has 0 spiro atoms. The summed E-state index contributed by atoms with van der Waals surface area (Å²) in [5.74, 6) is 0.558. The van der Waals surface area contributed by atoms with Crippen molar-refractivity contribution < 1.29 is 14.0 Å². The second-order valence-corrected chi connectivity index (χ2v) is 8.48. The number of hydrogen-bond acceptors (Lipinski definition) is 7. The molecule has 0 fully saturated rings. The van der Waals surface area contributed by atoms with Crippen molar-refractivity contribution in [1.29, 1.82) is 0 Å². The maximum atomic E-state index is 11.6. The Balaban J connectivity index is 1.47. The third-order valence-electron chi connectivity index (χ3n) is 6.23. The fraction of sp³-hybridized carbons (Fsp3) is 0.185. The zero-order valence-corrected chi connectivity index (χ0v) is 19.8. The van der Waals surface area contributed by atoms with Crippen LogP contribution in [0.3, 0.4) is 0 Å². The summed E-state index contributed by atoms with van der Waals surface area (Å²) in [7, 11) is 0. The third-order valence-corrected chi connectivity index (χ3v) is 6.23. The number of nitrogens with zero attached hydrogens (tertiary/aromatic N) is 4. The molecular weight excluding hydrogens is 458 g/mol. The van der Waals surface area contributed by atoms with Crippen LogP contribution in [0.15, 0.2) is 70.1 Å². The van der Waals surface area contributed by atoms with E-state index in [2.05, 4.69) is 38.3 Å². The van der Waals surface area contributed by atoms with Gasteiger partial charge in [0.2, 0.25) is 0 Å². The average Bonchev–Trinajstić information content (AvgIpc) is 3.43. The molecule has 1 aliphatic rings. The molecule has 0 saturated heterocycles. The van der Waals surface area contributed by atoms with Gasteiger partial charge in [0.05, 0.1) is 13.2 Å². The molecule has 36 heavy (non-hydrogen) atoms. The van der Waals surface area contributed by atoms with Gasteiger partial charge in [-0.3, -0.25) is 14.1 Å². The number of benzene rings is 2. The van der Waals surface area contributed by atoms with Crippen LogP contribution >= 0.6 is 0 Å². The molecule has 180 valence electrons. The summed E-state index contributed by atoms with van der Waals surface area (Å²) in [6, 6.07) is 18.5. The summed E-state index contributed by atoms with van der Waals surface area (Å²) in [6.45, 7) is 5.30. The molecule has 0 amide bonds. The highest BCUT2D eigenvalue weighted by molar-refractivity contribution is 5.99. The zero-order chi connectivity index (χ0) is 24.6. The third kappa shape index (κ3) is 3.74. The van der Waals surface area contributed by atoms with Crippen LogP contribution in [-0.2, 0) is 13.2 Å². The fourth-order valence-corrected chi connectivity index (χ4v) is 4.62. The molecule has 5 aromatic rings. The molecule has 1 aliphatic heterocycles. The Morgan fingerprint density at radius 2 is 2.03 bits per heavy atom. The van der Waals surface area contributed by atoms with Crippen LogP contribution in [0.5, 0.6) is 11.8 Å². The van der Waals surface area contributed by atoms with E-state index in [0.29, 0.717) is 31.6 Å². The van der Waals surface area contributed by atoms with Gasteiger partial charge in [0.1, 0.15) is 17.9 Å². The van der Waals surface area contributed by atoms with E-state index in [1.165, 1.54) is 0 Å². The summed E-state index contributed by atoms with van der Waals surface area (Å²) in [5, 5.41) is 3.92. The quantitative estimate of drug-likeness (QED) is 0.396. The summed E-state index contributed by atoms with van der Waals surface area (Å²) < 4.78 is 18.8. The van der Waals surface area contributed by atoms with Crippen LogP contribution in [0.4, 0.5) is 0 Å². The number of imidazole rings is 1. The first-order valence-electron chi connectivity index (χ1n) is 11.7. The minimum Gasteiger partial charge on any atom is -0.488 e. The van der Waals surface area contributed by atoms with E-state index in [-0.39, 0.29) is 0 Å². The number of rotatable bonds is 5. The van der Waals surface area contributed by atoms with Crippen LogP contribution in [0.2, 0.25) is 0 Å². The molecule has 9 heteroatoms. The lowest BCUT2D eigenvalue weighted by Crippen LogP contribution is -2.07. The van der Waals surface area contributed by atoms with Gasteiger partial charge in [0.25, 0.3) is 6.01 Å². The number of fused-ring (bicyclic) bond motifs is 3. The van der Waals surface area contributed by atoms with Gasteiger partial charge in [0, 0.05) is 17.3 Å². The van der Waals surface area contributed by atoms with Gasteiger partial charge >= 0.3 is 5.76 Å². The van der Waals surface area contributed by atoms with Gasteiger partial charge in [-0.2, -0.15) is 4.98 Å². The molecule has 9 nitrogen and oxygen atoms in total. The first-order valence-corrected chi connectivity index (χ1v) is 11.7. The van der Waals surface area contributed by atoms with E-state index in [4.69, 9.17) is 14.0 Å². The number of ether oxygens (including phenoxy) is 2. The molecule has 0 saturated carbocycles. The van der Waals surface area contributed by atoms with Crippen molar-refractivity contribution in [3.63, 3.8) is 0 Å². The molecule has 6 rings (SSSR count). The van der Waals surface area contributed by atoms with Gasteiger partial charge in [0.15, 0.2) is 11.5 Å². The van der Waals surface area contributed by atoms with Gasteiger partial charge in [-0.15, -0.1) is 0 Å². The van der Waals surface area contributed by atoms with E-state index >= 15 is 0 Å². The largest absolute Gasteiger partial charge is 0.488 e. The highest BCUT2D eigenvalue weighted by Crippen LogP contribution is 2.40. The smallest absolute Gasteiger partial charge is 0.439 e. The molecular formula is C27H23N5O4. The highest BCUT2D eigenvalue weighted by atomic mass is 16.5. The molecule has 4 heterocycles. The summed E-state index contributed by atoms with van der Waals surface area (Å²) in [5.41, 5.74) is 7.27. The Hall–Kier alpha value is -4.66. The van der Waals surface area contributed by atoms with Crippen molar-refractivity contribution in [2.75, 3.05) is 6.61 Å². The van der Waals surface area contributed by atoms with E-state index in [0.717, 1.165) is 50.3 Å². The molecule has 3 aromatic heterocycles. The van der Waals surface area contributed by atoms with Gasteiger partial charge in [-0.05, 0) is 60.4 Å². The predicted octanol–water partition coefficient (Wildman–Crippen LogP) is 4.43. The van der Waals surface area contributed by atoms with Crippen molar-refractivity contribution in [3.8, 4) is 11.8 Å². The van der Waals surface area contributed by atoms with Crippen LogP contribution in [-0.4, -0.2) is 31.3 Å². The number of pyridine rings is 1. The lowest BCUT2D eigenvalue weighted by atomic mass is 9.89. The monoisotopic (exact) mass is 481 g/mol. The summed E-state index contributed by atoms with van der Waals surface area (Å²) >= 11 is 0. The normalized spacial score (nSPS) is 14.1. The minimum atomic E-state index is -0.593. The Morgan fingerprint density at radius 1 is 1.14 bits per heavy atom. The number of aromatic nitrogens is 5. The maximum absolute atomic E-state index is 11.6. The van der Waals surface area contributed by atoms with Crippen LogP contribution in [0, 0.1) is 0 Å². The zero-order valence-electron chi connectivity index (χ0n) is 19.8. The Labute approximate surface area is 206 Å². The fourth-order valence-electron chi connectivity index (χ4n) is 4.62. The molecule has 2 aromatic carbocycles. The van der Waals surface area contributed by atoms with Crippen LogP contribution in [0.1, 0.15) is 41.9 Å². The maximum Gasteiger partial charge on any atom is 0.439 e. The highest BCUT2D eigenvalue weighted by Gasteiger charge is 2.23. The van der Waals surface area contributed by atoms with E-state index in [1.807, 2.05) is 54.8 Å². The minimum absolute atomic E-state index is 0.388. The Morgan fingerprint density at radius 3 is 2.86 bits per heavy atom. The second kappa shape index (κ2) is 8.84. The van der Waals surface area contributed by atoms with Gasteiger partial charge in [-0.1, -0.05) is 35.5 Å². The number of para-hydroxylation sites is 1. The predicted molar refractivity (Wildman–Crippen MR) is 134 cm³/mol. The number of aromatic amines is 1. The Bertz CT molecular complexity index is 1680. The summed E-state index contributed by atoms with van der Waals surface area (Å²) in [4.78, 5) is 23.4. The average molecular weight is 482 g/mol. The lowest BCUT2D eigenvalue weighted by Gasteiger charge is -2.15. The SMILES string of the molecule is CCOc1nc2cccnc2n1Cc1ccc2c(c1)COc1ccccc1C2=C(C)c1noc(=O)[nH]1. The number of nitrogens with one attached hydrogen (secondary N) is 1. The first-order chi connectivity index (χ1) is 17.6. The van der Waals surface area contributed by atoms with Gasteiger partial charge in [-0.25, -0.2) is 9.78 Å². The van der Waals surface area contributed by atoms with Gasteiger partial charge < -0.3 is 9.47 Å². The van der Waals surface area contributed by atoms with Crippen molar-refractivity contribution in [1.82, 2.24) is 24.7 Å². The van der Waals surface area contributed by atoms with Crippen LogP contribution < -0.4 is 15.2 Å². The molecule has 0 bridgehead atoms. The van der Waals surface area contributed by atoms with E-state index in [1.54, 1.807) is 6.20 Å². The standard InChI is InChI=1S/C27H23N5O4/c1-3-34-26-29-21-8-6-12-28-25(21)32(26)14-17-10-11-19-18(13-17)15-35-22-9-5-4-7-20(22)23(19)16(2)24-30-27(33)36-31-24/h4-13H,3,14-15H2,1-2H3,(H,30,31,33). The summed E-state index contributed by atoms with van der Waals surface area (Å²) in [6.07, 6.45) is 1.76. The number of allylic oxidation sites excluding steroid dienone is 1. The molecule has 0 atom stereocenters. The van der Waals surface area contributed by atoms with Crippen molar-refractivity contribution in [2.45, 2.75) is 27.0 Å². The molecule has 0 radical (unpaired) electrons. The second-order valence-electron chi connectivity index (χ2n) is 8.48. The van der Waals surface area contributed by atoms with Crippen molar-refractivity contribution >= 4 is 22.3 Å². The van der Waals surface area contributed by atoms with E-state index < -0.39 is 5.76 Å². The number of H-pyrrole nitrogens is 1. The Kier molecular flexibility index (Phi) is 5.37. The molecule has 0 unspecified atom stereocenters. The number of hydrogen-bond donors (Lipinski definition) is 1. The van der Waals surface area contributed by atoms with Crippen molar-refractivity contribution in [2.24, 2.45) is 0 Å². The topological polar surface area (TPSA) is 108 Å². The molecule has 0 aliphatic carbocycles. The lowest BCUT2D eigenvalue weighted by molar-refractivity contribution is 0.300. The van der Waals surface area contributed by atoms with Crippen molar-refractivity contribution in [3.05, 3.63) is 99.4 Å². The molecule has 1 N–H and O–H groups in total. The van der Waals surface area contributed by atoms with E-state index in [9.17, 15) is 4.79 Å².